The van der Waals surface area contributed by atoms with Gasteiger partial charge in [0.25, 0.3) is 0 Å². The number of aromatic nitrogens is 6. The van der Waals surface area contributed by atoms with Crippen molar-refractivity contribution in [2.75, 3.05) is 50.3 Å². The molecular weight excluding hydrogens is 704 g/mol. The number of carbonyl (C=O) groups excluding carboxylic acids is 1. The normalized spacial score (nSPS) is 20.8. The standard InChI is InChI=1S/C36H43F3N8O5.Na/c1-4-51-30-12-21(11-28(43-30)36(37,38)39)25-15-27(46(2)19-35(20-50-3)9-5-6-10-35)32-34(42-25)45-33(44-32)26-16-41-29(17-40-26)47-22-7-8-23(47)14-24(13-22)52-18-31(48)49;/h11-12,15-17,22-24H,4-10,13-14,18-20H2,1-3H3,(H,48,49)(H,42,44,45);/q;+1/p-1/t22-,23+,24?;. The van der Waals surface area contributed by atoms with E-state index in [1.807, 2.05) is 7.05 Å². The zero-order valence-electron chi connectivity index (χ0n) is 30.4. The summed E-state index contributed by atoms with van der Waals surface area (Å²) in [5.41, 5.74) is 1.47. The molecule has 0 amide bonds. The minimum atomic E-state index is -4.69. The number of rotatable bonds is 13. The number of hydrogen-bond acceptors (Lipinski definition) is 12. The molecule has 1 aliphatic carbocycles. The third kappa shape index (κ3) is 8.41. The number of aliphatic carboxylic acids is 1. The molecule has 6 heterocycles. The summed E-state index contributed by atoms with van der Waals surface area (Å²) in [6, 6.07) is 4.54. The molecule has 17 heteroatoms. The zero-order valence-corrected chi connectivity index (χ0v) is 32.4. The van der Waals surface area contributed by atoms with Gasteiger partial charge in [0.15, 0.2) is 11.5 Å². The second-order valence-corrected chi connectivity index (χ2v) is 14.1. The van der Waals surface area contributed by atoms with Crippen molar-refractivity contribution < 1.29 is 66.8 Å². The van der Waals surface area contributed by atoms with Crippen LogP contribution in [0.1, 0.15) is 64.0 Å². The molecule has 0 spiro atoms. The number of aromatic amines is 1. The molecule has 2 saturated heterocycles. The number of H-pyrrole nitrogens is 1. The molecule has 53 heavy (non-hydrogen) atoms. The summed E-state index contributed by atoms with van der Waals surface area (Å²) >= 11 is 0. The van der Waals surface area contributed by atoms with Crippen molar-refractivity contribution in [2.24, 2.45) is 5.41 Å². The fraction of sp³-hybridized carbons (Fsp3) is 0.556. The molecule has 3 atom stereocenters. The van der Waals surface area contributed by atoms with Crippen molar-refractivity contribution in [1.82, 2.24) is 29.9 Å². The van der Waals surface area contributed by atoms with Crippen LogP contribution in [0.4, 0.5) is 24.7 Å². The van der Waals surface area contributed by atoms with Gasteiger partial charge in [-0.2, -0.15) is 13.2 Å². The summed E-state index contributed by atoms with van der Waals surface area (Å²) in [6.07, 6.45) is 6.03. The van der Waals surface area contributed by atoms with Crippen molar-refractivity contribution in [3.05, 3.63) is 36.3 Å². The Morgan fingerprint density at radius 3 is 2.42 bits per heavy atom. The number of nitrogens with zero attached hydrogens (tertiary/aromatic N) is 7. The van der Waals surface area contributed by atoms with Crippen LogP contribution >= 0.6 is 0 Å². The Morgan fingerprint density at radius 2 is 1.79 bits per heavy atom. The van der Waals surface area contributed by atoms with E-state index >= 15 is 0 Å². The van der Waals surface area contributed by atoms with E-state index in [0.717, 1.165) is 56.1 Å². The average Bonchev–Trinajstić information content (AvgIpc) is 3.82. The number of ether oxygens (including phenoxy) is 3. The fourth-order valence-electron chi connectivity index (χ4n) is 8.33. The summed E-state index contributed by atoms with van der Waals surface area (Å²) in [7, 11) is 3.67. The zero-order chi connectivity index (χ0) is 36.6. The molecule has 4 aromatic heterocycles. The van der Waals surface area contributed by atoms with Crippen molar-refractivity contribution >= 4 is 28.6 Å². The molecule has 1 unspecified atom stereocenters. The van der Waals surface area contributed by atoms with E-state index < -0.39 is 24.4 Å². The molecule has 3 fully saturated rings. The Morgan fingerprint density at radius 1 is 1.06 bits per heavy atom. The van der Waals surface area contributed by atoms with Crippen molar-refractivity contribution in [3.63, 3.8) is 0 Å². The summed E-state index contributed by atoms with van der Waals surface area (Å²) < 4.78 is 58.5. The fourth-order valence-corrected chi connectivity index (χ4v) is 8.33. The smallest absolute Gasteiger partial charge is 0.548 e. The van der Waals surface area contributed by atoms with Crippen LogP contribution < -0.4 is 49.2 Å². The Balaban J connectivity index is 0.00000481. The quantitative estimate of drug-likeness (QED) is 0.199. The van der Waals surface area contributed by atoms with Gasteiger partial charge in [-0.3, -0.25) is 0 Å². The number of nitrogens with one attached hydrogen (secondary N) is 1. The van der Waals surface area contributed by atoms with Crippen LogP contribution in [0, 0.1) is 5.41 Å². The first-order valence-corrected chi connectivity index (χ1v) is 17.7. The Labute approximate surface area is 327 Å². The number of methoxy groups -OCH3 is 1. The number of carboxylic acid groups (broad SMARTS) is 1. The monoisotopic (exact) mass is 746 g/mol. The van der Waals surface area contributed by atoms with Gasteiger partial charge >= 0.3 is 35.7 Å². The van der Waals surface area contributed by atoms with Gasteiger partial charge < -0.3 is 38.9 Å². The summed E-state index contributed by atoms with van der Waals surface area (Å²) in [6.45, 7) is 2.68. The van der Waals surface area contributed by atoms with Gasteiger partial charge in [-0.1, -0.05) is 12.8 Å². The number of anilines is 2. The molecule has 0 radical (unpaired) electrons. The van der Waals surface area contributed by atoms with Crippen LogP contribution in [-0.4, -0.2) is 94.6 Å². The Bertz CT molecular complexity index is 1890. The summed E-state index contributed by atoms with van der Waals surface area (Å²) in [5.74, 6) is -0.233. The minimum absolute atomic E-state index is 0. The van der Waals surface area contributed by atoms with Crippen molar-refractivity contribution in [3.8, 4) is 28.7 Å². The maximum atomic E-state index is 13.9. The minimum Gasteiger partial charge on any atom is -0.548 e. The molecule has 278 valence electrons. The van der Waals surface area contributed by atoms with Crippen molar-refractivity contribution in [1.29, 1.82) is 0 Å². The SMILES string of the molecule is CCOc1cc(-c2cc(N(C)CC3(COC)CCCC3)c3[nH]c(-c4cnc(N5[C@@H]6CC[C@H]5CC(OCC(=O)[O-])C6)cn4)nc3n2)cc(C(F)(F)F)n1.[Na+]. The number of piperidine rings is 1. The van der Waals surface area contributed by atoms with Gasteiger partial charge in [0, 0.05) is 49.8 Å². The van der Waals surface area contributed by atoms with Crippen LogP contribution in [0.25, 0.3) is 33.9 Å². The van der Waals surface area contributed by atoms with E-state index in [9.17, 15) is 23.1 Å². The maximum absolute atomic E-state index is 13.9. The third-order valence-electron chi connectivity index (χ3n) is 10.5. The number of pyridine rings is 2. The second kappa shape index (κ2) is 16.0. The molecule has 7 rings (SSSR count). The first kappa shape index (κ1) is 39.1. The van der Waals surface area contributed by atoms with E-state index in [1.165, 1.54) is 6.07 Å². The number of imidazole rings is 1. The molecule has 2 bridgehead atoms. The molecule has 4 aromatic rings. The van der Waals surface area contributed by atoms with Crippen LogP contribution in [0.15, 0.2) is 30.6 Å². The van der Waals surface area contributed by atoms with Crippen molar-refractivity contribution in [2.45, 2.75) is 82.7 Å². The Kier molecular flexibility index (Phi) is 11.8. The van der Waals surface area contributed by atoms with Crippen LogP contribution in [0.5, 0.6) is 5.88 Å². The van der Waals surface area contributed by atoms with Crippen LogP contribution in [0.2, 0.25) is 0 Å². The van der Waals surface area contributed by atoms with Crippen LogP contribution in [-0.2, 0) is 20.4 Å². The number of fused-ring (bicyclic) bond motifs is 3. The van der Waals surface area contributed by atoms with Crippen LogP contribution in [0.3, 0.4) is 0 Å². The van der Waals surface area contributed by atoms with Gasteiger partial charge in [-0.05, 0) is 57.6 Å². The molecule has 2 aliphatic heterocycles. The molecule has 3 aliphatic rings. The first-order chi connectivity index (χ1) is 24.9. The van der Waals surface area contributed by atoms with E-state index in [2.05, 4.69) is 19.8 Å². The predicted octanol–water partition coefficient (Wildman–Crippen LogP) is 1.81. The van der Waals surface area contributed by atoms with Gasteiger partial charge in [0.2, 0.25) is 5.88 Å². The van der Waals surface area contributed by atoms with Gasteiger partial charge in [0.1, 0.15) is 22.7 Å². The third-order valence-corrected chi connectivity index (χ3v) is 10.5. The number of hydrogen-bond donors (Lipinski definition) is 1. The first-order valence-electron chi connectivity index (χ1n) is 17.7. The van der Waals surface area contributed by atoms with E-state index in [4.69, 9.17) is 34.1 Å². The maximum Gasteiger partial charge on any atom is 1.00 e. The number of alkyl halides is 3. The van der Waals surface area contributed by atoms with Gasteiger partial charge in [-0.15, -0.1) is 0 Å². The number of halogens is 3. The largest absolute Gasteiger partial charge is 1.00 e. The second-order valence-electron chi connectivity index (χ2n) is 14.1. The van der Waals surface area contributed by atoms with E-state index in [1.54, 1.807) is 32.5 Å². The van der Waals surface area contributed by atoms with E-state index in [-0.39, 0.29) is 76.9 Å². The van der Waals surface area contributed by atoms with Gasteiger partial charge in [0.05, 0.1) is 55.7 Å². The topological polar surface area (TPSA) is 155 Å². The summed E-state index contributed by atoms with van der Waals surface area (Å²) in [5, 5.41) is 10.9. The average molecular weight is 747 g/mol. The number of carbonyl (C=O) groups is 1. The van der Waals surface area contributed by atoms with E-state index in [0.29, 0.717) is 48.7 Å². The molecule has 0 aromatic carbocycles. The Hall–Kier alpha value is -3.57. The predicted molar refractivity (Wildman–Crippen MR) is 184 cm³/mol. The molecular formula is C36H42F3N8NaO5. The summed E-state index contributed by atoms with van der Waals surface area (Å²) in [4.78, 5) is 41.3. The number of carboxylic acids is 1. The van der Waals surface area contributed by atoms with Gasteiger partial charge in [-0.25, -0.2) is 24.9 Å². The molecule has 1 N–H and O–H groups in total. The molecule has 13 nitrogen and oxygen atoms in total. The molecule has 1 saturated carbocycles.